The highest BCUT2D eigenvalue weighted by Gasteiger charge is 2.20. The highest BCUT2D eigenvalue weighted by atomic mass is 16.5. The van der Waals surface area contributed by atoms with Crippen molar-refractivity contribution >= 4 is 16.9 Å². The molecule has 1 aliphatic rings. The maximum Gasteiger partial charge on any atom is 0.227 e. The Morgan fingerprint density at radius 1 is 1.36 bits per heavy atom. The lowest BCUT2D eigenvalue weighted by molar-refractivity contribution is -0.130. The minimum Gasteiger partial charge on any atom is -0.497 e. The van der Waals surface area contributed by atoms with Crippen molar-refractivity contribution in [3.63, 3.8) is 0 Å². The van der Waals surface area contributed by atoms with Gasteiger partial charge >= 0.3 is 0 Å². The Morgan fingerprint density at radius 3 is 3.05 bits per heavy atom. The van der Waals surface area contributed by atoms with E-state index in [2.05, 4.69) is 6.92 Å². The normalized spacial score (nSPS) is 19.2. The van der Waals surface area contributed by atoms with Crippen LogP contribution in [0.15, 0.2) is 28.9 Å². The SMILES string of the molecule is COc1ccc2c(CC(=O)N3CCCC(C)CC3)coc2c1. The van der Waals surface area contributed by atoms with E-state index in [0.717, 1.165) is 54.1 Å². The molecule has 0 spiro atoms. The molecule has 4 nitrogen and oxygen atoms in total. The lowest BCUT2D eigenvalue weighted by Gasteiger charge is -2.20. The summed E-state index contributed by atoms with van der Waals surface area (Å²) in [5.74, 6) is 1.69. The number of methoxy groups -OCH3 is 1. The molecule has 1 fully saturated rings. The molecule has 2 aromatic rings. The molecule has 22 heavy (non-hydrogen) atoms. The van der Waals surface area contributed by atoms with Gasteiger partial charge in [-0.1, -0.05) is 6.92 Å². The average Bonchev–Trinajstić information content (AvgIpc) is 2.78. The maximum absolute atomic E-state index is 12.6. The van der Waals surface area contributed by atoms with Crippen molar-refractivity contribution in [1.29, 1.82) is 0 Å². The third-order valence-electron chi connectivity index (χ3n) is 4.57. The van der Waals surface area contributed by atoms with Crippen LogP contribution in [-0.4, -0.2) is 31.0 Å². The first kappa shape index (κ1) is 14.9. The topological polar surface area (TPSA) is 42.7 Å². The van der Waals surface area contributed by atoms with Crippen LogP contribution in [0.5, 0.6) is 5.75 Å². The molecule has 118 valence electrons. The van der Waals surface area contributed by atoms with Crippen LogP contribution < -0.4 is 4.74 Å². The van der Waals surface area contributed by atoms with E-state index in [1.807, 2.05) is 23.1 Å². The number of ether oxygens (including phenoxy) is 1. The highest BCUT2D eigenvalue weighted by molar-refractivity contribution is 5.88. The van der Waals surface area contributed by atoms with Gasteiger partial charge in [-0.05, 0) is 37.3 Å². The predicted molar refractivity (Wildman–Crippen MR) is 86.1 cm³/mol. The number of likely N-dealkylation sites (tertiary alicyclic amines) is 1. The molecule has 1 aliphatic heterocycles. The van der Waals surface area contributed by atoms with Crippen LogP contribution in [0.4, 0.5) is 0 Å². The van der Waals surface area contributed by atoms with E-state index in [-0.39, 0.29) is 5.91 Å². The summed E-state index contributed by atoms with van der Waals surface area (Å²) in [6, 6.07) is 5.72. The maximum atomic E-state index is 12.6. The second kappa shape index (κ2) is 6.42. The Morgan fingerprint density at radius 2 is 2.23 bits per heavy atom. The minimum atomic E-state index is 0.201. The fourth-order valence-electron chi connectivity index (χ4n) is 3.11. The first-order chi connectivity index (χ1) is 10.7. The number of fused-ring (bicyclic) bond motifs is 1. The van der Waals surface area contributed by atoms with Gasteiger partial charge in [0, 0.05) is 30.1 Å². The molecular weight excluding hydrogens is 278 g/mol. The quantitative estimate of drug-likeness (QED) is 0.869. The van der Waals surface area contributed by atoms with Crippen molar-refractivity contribution in [2.45, 2.75) is 32.6 Å². The van der Waals surface area contributed by atoms with Crippen molar-refractivity contribution in [3.8, 4) is 5.75 Å². The van der Waals surface area contributed by atoms with E-state index in [0.29, 0.717) is 6.42 Å². The molecule has 1 atom stereocenters. The Labute approximate surface area is 131 Å². The number of hydrogen-bond donors (Lipinski definition) is 0. The summed E-state index contributed by atoms with van der Waals surface area (Å²) in [5, 5.41) is 0.998. The highest BCUT2D eigenvalue weighted by Crippen LogP contribution is 2.26. The van der Waals surface area contributed by atoms with Crippen molar-refractivity contribution < 1.29 is 13.9 Å². The number of hydrogen-bond acceptors (Lipinski definition) is 3. The minimum absolute atomic E-state index is 0.201. The van der Waals surface area contributed by atoms with Crippen LogP contribution in [-0.2, 0) is 11.2 Å². The summed E-state index contributed by atoms with van der Waals surface area (Å²) in [7, 11) is 1.63. The Hall–Kier alpha value is -1.97. The second-order valence-corrected chi connectivity index (χ2v) is 6.22. The molecular formula is C18H23NO3. The molecule has 3 rings (SSSR count). The smallest absolute Gasteiger partial charge is 0.227 e. The van der Waals surface area contributed by atoms with E-state index >= 15 is 0 Å². The Bertz CT molecular complexity index is 661. The zero-order valence-electron chi connectivity index (χ0n) is 13.3. The van der Waals surface area contributed by atoms with E-state index in [1.54, 1.807) is 13.4 Å². The largest absolute Gasteiger partial charge is 0.497 e. The van der Waals surface area contributed by atoms with Crippen LogP contribution in [0.3, 0.4) is 0 Å². The van der Waals surface area contributed by atoms with E-state index in [9.17, 15) is 4.79 Å². The molecule has 2 heterocycles. The average molecular weight is 301 g/mol. The lowest BCUT2D eigenvalue weighted by atomic mass is 10.0. The van der Waals surface area contributed by atoms with Gasteiger partial charge in [-0.15, -0.1) is 0 Å². The van der Waals surface area contributed by atoms with Crippen LogP contribution in [0, 0.1) is 5.92 Å². The summed E-state index contributed by atoms with van der Waals surface area (Å²) < 4.78 is 10.8. The van der Waals surface area contributed by atoms with Crippen molar-refractivity contribution in [3.05, 3.63) is 30.0 Å². The van der Waals surface area contributed by atoms with Crippen molar-refractivity contribution in [1.82, 2.24) is 4.90 Å². The van der Waals surface area contributed by atoms with Gasteiger partial charge in [0.1, 0.15) is 11.3 Å². The number of benzene rings is 1. The van der Waals surface area contributed by atoms with Crippen LogP contribution >= 0.6 is 0 Å². The summed E-state index contributed by atoms with van der Waals surface area (Å²) in [4.78, 5) is 14.6. The van der Waals surface area contributed by atoms with E-state index < -0.39 is 0 Å². The number of carbonyl (C=O) groups is 1. The van der Waals surface area contributed by atoms with Crippen molar-refractivity contribution in [2.24, 2.45) is 5.92 Å². The van der Waals surface area contributed by atoms with Gasteiger partial charge in [-0.2, -0.15) is 0 Å². The predicted octanol–water partition coefficient (Wildman–Crippen LogP) is 3.63. The summed E-state index contributed by atoms with van der Waals surface area (Å²) in [5.41, 5.74) is 1.73. The van der Waals surface area contributed by atoms with Gasteiger partial charge in [0.15, 0.2) is 0 Å². The number of amides is 1. The van der Waals surface area contributed by atoms with Gasteiger partial charge in [0.2, 0.25) is 5.91 Å². The van der Waals surface area contributed by atoms with Crippen LogP contribution in [0.2, 0.25) is 0 Å². The van der Waals surface area contributed by atoms with Crippen LogP contribution in [0.1, 0.15) is 31.7 Å². The zero-order valence-corrected chi connectivity index (χ0v) is 13.3. The molecule has 0 aliphatic carbocycles. The van der Waals surface area contributed by atoms with Crippen LogP contribution in [0.25, 0.3) is 11.0 Å². The Kier molecular flexibility index (Phi) is 4.36. The standard InChI is InChI=1S/C18H23NO3/c1-13-4-3-8-19(9-7-13)18(20)10-14-12-22-17-11-15(21-2)5-6-16(14)17/h5-6,11-13H,3-4,7-10H2,1-2H3. The lowest BCUT2D eigenvalue weighted by Crippen LogP contribution is -2.33. The molecule has 1 unspecified atom stereocenters. The van der Waals surface area contributed by atoms with Gasteiger partial charge in [0.25, 0.3) is 0 Å². The number of furan rings is 1. The molecule has 0 radical (unpaired) electrons. The van der Waals surface area contributed by atoms with Gasteiger partial charge < -0.3 is 14.1 Å². The first-order valence-electron chi connectivity index (χ1n) is 7.99. The van der Waals surface area contributed by atoms with Gasteiger partial charge in [0.05, 0.1) is 19.8 Å². The first-order valence-corrected chi connectivity index (χ1v) is 7.99. The second-order valence-electron chi connectivity index (χ2n) is 6.22. The summed E-state index contributed by atoms with van der Waals surface area (Å²) in [6.07, 6.45) is 5.54. The molecule has 1 amide bonds. The summed E-state index contributed by atoms with van der Waals surface area (Å²) in [6.45, 7) is 4.03. The molecule has 4 heteroatoms. The molecule has 0 saturated carbocycles. The fourth-order valence-corrected chi connectivity index (χ4v) is 3.11. The third-order valence-corrected chi connectivity index (χ3v) is 4.57. The number of rotatable bonds is 3. The summed E-state index contributed by atoms with van der Waals surface area (Å²) >= 11 is 0. The molecule has 1 saturated heterocycles. The van der Waals surface area contributed by atoms with E-state index in [1.165, 1.54) is 6.42 Å². The number of carbonyl (C=O) groups excluding carboxylic acids is 1. The molecule has 1 aromatic carbocycles. The fraction of sp³-hybridized carbons (Fsp3) is 0.500. The number of nitrogens with zero attached hydrogens (tertiary/aromatic N) is 1. The van der Waals surface area contributed by atoms with E-state index in [4.69, 9.17) is 9.15 Å². The van der Waals surface area contributed by atoms with Gasteiger partial charge in [-0.3, -0.25) is 4.79 Å². The molecule has 1 aromatic heterocycles. The monoisotopic (exact) mass is 301 g/mol. The molecule has 0 N–H and O–H groups in total. The Balaban J connectivity index is 1.73. The third kappa shape index (κ3) is 3.11. The zero-order chi connectivity index (χ0) is 15.5. The molecule has 0 bridgehead atoms. The van der Waals surface area contributed by atoms with Crippen molar-refractivity contribution in [2.75, 3.05) is 20.2 Å². The van der Waals surface area contributed by atoms with Gasteiger partial charge in [-0.25, -0.2) is 0 Å².